The van der Waals surface area contributed by atoms with Gasteiger partial charge in [0.25, 0.3) is 0 Å². The van der Waals surface area contributed by atoms with Crippen LogP contribution in [0.15, 0.2) is 84.8 Å². The van der Waals surface area contributed by atoms with Crippen LogP contribution in [0.5, 0.6) is 0 Å². The molecule has 4 rings (SSSR count). The normalized spacial score (nSPS) is 14.2. The average Bonchev–Trinajstić information content (AvgIpc) is 2.79. The third-order valence-electron chi connectivity index (χ3n) is 3.62. The summed E-state index contributed by atoms with van der Waals surface area (Å²) in [5, 5.41) is 8.47. The van der Waals surface area contributed by atoms with Crippen molar-refractivity contribution in [1.82, 2.24) is 0 Å². The highest BCUT2D eigenvalue weighted by molar-refractivity contribution is 5.94. The van der Waals surface area contributed by atoms with Crippen molar-refractivity contribution < 1.29 is 9.60 Å². The Bertz CT molecular complexity index is 1280. The minimum Gasteiger partial charge on any atom is -0.388 e. The number of nitrogens with one attached hydrogen (secondary N) is 2. The maximum atomic E-state index is 7.88. The van der Waals surface area contributed by atoms with Gasteiger partial charge in [0.1, 0.15) is 0 Å². The molecule has 2 N–H and O–H groups in total. The minimum absolute atomic E-state index is 0.0312. The molecule has 0 aliphatic rings. The highest BCUT2D eigenvalue weighted by Crippen LogP contribution is 2.22. The fraction of sp³-hybridized carbons (Fsp3) is 0.0909. The van der Waals surface area contributed by atoms with Crippen LogP contribution in [0, 0.1) is 0 Å². The van der Waals surface area contributed by atoms with Crippen LogP contribution in [0.3, 0.4) is 0 Å². The molecule has 0 amide bonds. The van der Waals surface area contributed by atoms with E-state index >= 15 is 0 Å². The van der Waals surface area contributed by atoms with E-state index in [2.05, 4.69) is 53.1 Å². The first-order valence-electron chi connectivity index (χ1n) is 11.1. The van der Waals surface area contributed by atoms with Crippen LogP contribution < -0.4 is 10.6 Å². The fourth-order valence-corrected chi connectivity index (χ4v) is 2.44. The molecule has 0 aliphatic heterocycles. The summed E-state index contributed by atoms with van der Waals surface area (Å²) in [7, 11) is 3.46. The van der Waals surface area contributed by atoms with Crippen molar-refractivity contribution in [3.05, 3.63) is 84.8 Å². The van der Waals surface area contributed by atoms with Gasteiger partial charge in [-0.05, 0) is 22.9 Å². The highest BCUT2D eigenvalue weighted by Gasteiger charge is 1.96. The molecule has 4 aromatic carbocycles. The van der Waals surface area contributed by atoms with Gasteiger partial charge in [-0.2, -0.15) is 0 Å². The Balaban J connectivity index is 0.000000194. The molecule has 0 spiro atoms. The maximum absolute atomic E-state index is 7.88. The summed E-state index contributed by atoms with van der Waals surface area (Å²) >= 11 is 0. The van der Waals surface area contributed by atoms with E-state index in [1.807, 2.05) is 7.05 Å². The van der Waals surface area contributed by atoms with Gasteiger partial charge in [0.15, 0.2) is 0 Å². The lowest BCUT2D eigenvalue weighted by atomic mass is 10.1. The summed E-state index contributed by atoms with van der Waals surface area (Å²) in [4.78, 5) is 0. The van der Waals surface area contributed by atoms with Gasteiger partial charge in [-0.15, -0.1) is 0 Å². The monoisotopic (exact) mass is 321 g/mol. The second-order valence-electron chi connectivity index (χ2n) is 5.03. The molecule has 24 heavy (non-hydrogen) atoms. The lowest BCUT2D eigenvalue weighted by Gasteiger charge is -2.04. The maximum Gasteiger partial charge on any atom is 0.0645 e. The number of hydrogen-bond acceptors (Lipinski definition) is 2. The molecule has 2 heteroatoms. The molecule has 0 saturated heterocycles. The smallest absolute Gasteiger partial charge is 0.0645 e. The lowest BCUT2D eigenvalue weighted by Crippen LogP contribution is -1.88. The number of benzene rings is 4. The molecular weight excluding hydrogens is 292 g/mol. The predicted molar refractivity (Wildman–Crippen MR) is 107 cm³/mol. The molecule has 2 nitrogen and oxygen atoms in total. The van der Waals surface area contributed by atoms with Gasteiger partial charge in [-0.1, -0.05) is 72.7 Å². The van der Waals surface area contributed by atoms with Gasteiger partial charge in [0.05, 0.1) is 9.60 Å². The molecule has 0 radical (unpaired) electrons. The molecule has 0 saturated carbocycles. The zero-order chi connectivity index (χ0) is 22.9. The SMILES string of the molecule is CNc1cccc2ccccc12.[2H]c1c([2H])c([2H])c2c(NC)c([2H])c([2H])c([2H])c2c1[2H]. The van der Waals surface area contributed by atoms with Gasteiger partial charge < -0.3 is 10.6 Å². The van der Waals surface area contributed by atoms with E-state index < -0.39 is 12.1 Å². The van der Waals surface area contributed by atoms with Crippen LogP contribution >= 0.6 is 0 Å². The minimum atomic E-state index is -0.440. The van der Waals surface area contributed by atoms with E-state index in [1.165, 1.54) is 23.5 Å². The van der Waals surface area contributed by atoms with Crippen molar-refractivity contribution in [2.24, 2.45) is 0 Å². The van der Waals surface area contributed by atoms with E-state index in [1.54, 1.807) is 0 Å². The van der Waals surface area contributed by atoms with Gasteiger partial charge >= 0.3 is 0 Å². The first kappa shape index (κ1) is 9.33. The zero-order valence-electron chi connectivity index (χ0n) is 20.5. The van der Waals surface area contributed by atoms with Crippen LogP contribution in [0.25, 0.3) is 21.5 Å². The molecule has 0 heterocycles. The standard InChI is InChI=1S/2C11H11N/c2*1-12-11-8-4-6-9-5-2-3-7-10(9)11/h2*2-8,12H,1H3/i2D,3D,4D,5D,6D,7D,8D;. The zero-order valence-corrected chi connectivity index (χ0v) is 13.5. The highest BCUT2D eigenvalue weighted by atomic mass is 14.8. The van der Waals surface area contributed by atoms with E-state index in [-0.39, 0.29) is 46.7 Å². The Morgan fingerprint density at radius 1 is 0.625 bits per heavy atom. The summed E-state index contributed by atoms with van der Waals surface area (Å²) in [5.74, 6) is 0. The van der Waals surface area contributed by atoms with Gasteiger partial charge in [-0.25, -0.2) is 0 Å². The Labute approximate surface area is 153 Å². The first-order valence-corrected chi connectivity index (χ1v) is 7.57. The second-order valence-corrected chi connectivity index (χ2v) is 5.03. The largest absolute Gasteiger partial charge is 0.388 e. The number of anilines is 2. The van der Waals surface area contributed by atoms with Crippen molar-refractivity contribution in [2.45, 2.75) is 0 Å². The third kappa shape index (κ3) is 3.33. The first-order chi connectivity index (χ1) is 14.7. The molecule has 0 fully saturated rings. The van der Waals surface area contributed by atoms with Crippen molar-refractivity contribution in [1.29, 1.82) is 0 Å². The van der Waals surface area contributed by atoms with Crippen LogP contribution in [0.4, 0.5) is 11.4 Å². The molecule has 120 valence electrons. The summed E-state index contributed by atoms with van der Waals surface area (Å²) < 4.78 is 54.3. The second kappa shape index (κ2) is 7.51. The fourth-order valence-electron chi connectivity index (χ4n) is 2.44. The molecule has 0 aliphatic carbocycles. The molecular formula is C22H22N2. The van der Waals surface area contributed by atoms with Crippen LogP contribution in [-0.2, 0) is 0 Å². The van der Waals surface area contributed by atoms with Crippen molar-refractivity contribution in [3.8, 4) is 0 Å². The van der Waals surface area contributed by atoms with Gasteiger partial charge in [0, 0.05) is 36.2 Å². The number of rotatable bonds is 2. The molecule has 0 bridgehead atoms. The topological polar surface area (TPSA) is 24.1 Å². The Hall–Kier alpha value is -3.00. The number of hydrogen-bond donors (Lipinski definition) is 2. The Morgan fingerprint density at radius 2 is 1.33 bits per heavy atom. The van der Waals surface area contributed by atoms with E-state index in [0.717, 1.165) is 0 Å². The predicted octanol–water partition coefficient (Wildman–Crippen LogP) is 5.76. The molecule has 0 aromatic heterocycles. The van der Waals surface area contributed by atoms with E-state index in [0.29, 0.717) is 0 Å². The van der Waals surface area contributed by atoms with Crippen LogP contribution in [-0.4, -0.2) is 14.1 Å². The molecule has 0 atom stereocenters. The summed E-state index contributed by atoms with van der Waals surface area (Å²) in [6, 6.07) is 12.2. The lowest BCUT2D eigenvalue weighted by molar-refractivity contribution is 1.55. The van der Waals surface area contributed by atoms with Crippen LogP contribution in [0.2, 0.25) is 0 Å². The molecule has 0 unspecified atom stereocenters. The Kier molecular flexibility index (Phi) is 2.92. The third-order valence-corrected chi connectivity index (χ3v) is 3.62. The molecule has 4 aromatic rings. The van der Waals surface area contributed by atoms with Crippen molar-refractivity contribution in [2.75, 3.05) is 24.7 Å². The summed E-state index contributed by atoms with van der Waals surface area (Å²) in [5.41, 5.74) is 1.33. The van der Waals surface area contributed by atoms with E-state index in [4.69, 9.17) is 9.60 Å². The summed E-state index contributed by atoms with van der Waals surface area (Å²) in [6.07, 6.45) is 0. The van der Waals surface area contributed by atoms with Crippen molar-refractivity contribution in [3.63, 3.8) is 0 Å². The van der Waals surface area contributed by atoms with Gasteiger partial charge in [-0.3, -0.25) is 0 Å². The quantitative estimate of drug-likeness (QED) is 0.490. The van der Waals surface area contributed by atoms with Crippen molar-refractivity contribution >= 4 is 32.9 Å². The number of fused-ring (bicyclic) bond motifs is 2. The van der Waals surface area contributed by atoms with Gasteiger partial charge in [0.2, 0.25) is 0 Å². The Morgan fingerprint density at radius 3 is 2.17 bits per heavy atom. The summed E-state index contributed by atoms with van der Waals surface area (Å²) in [6.45, 7) is 0. The van der Waals surface area contributed by atoms with Crippen LogP contribution in [0.1, 0.15) is 9.60 Å². The van der Waals surface area contributed by atoms with E-state index in [9.17, 15) is 0 Å². The average molecular weight is 321 g/mol.